The predicted octanol–water partition coefficient (Wildman–Crippen LogP) is 3.39. The third kappa shape index (κ3) is 3.19. The summed E-state index contributed by atoms with van der Waals surface area (Å²) in [6.07, 6.45) is 0. The molecule has 3 rings (SSSR count). The molecule has 0 fully saturated rings. The van der Waals surface area contributed by atoms with Crippen molar-refractivity contribution in [1.82, 2.24) is 4.57 Å². The van der Waals surface area contributed by atoms with E-state index in [0.29, 0.717) is 22.7 Å². The van der Waals surface area contributed by atoms with Crippen LogP contribution in [0.25, 0.3) is 10.2 Å². The molecule has 1 heterocycles. The Morgan fingerprint density at radius 3 is 2.54 bits per heavy atom. The summed E-state index contributed by atoms with van der Waals surface area (Å²) in [5.41, 5.74) is 1.55. The van der Waals surface area contributed by atoms with E-state index in [-0.39, 0.29) is 5.91 Å². The van der Waals surface area contributed by atoms with E-state index in [0.717, 1.165) is 16.0 Å². The van der Waals surface area contributed by atoms with Crippen molar-refractivity contribution in [3.8, 4) is 11.5 Å². The standard InChI is InChI=1S/C18H18N2O3S/c1-4-23-14-9-10-15-16(11-14)24-18(20(15)2)19-17(21)12-5-7-13(22-3)8-6-12/h5-11H,4H2,1-3H3. The molecule has 0 radical (unpaired) electrons. The number of fused-ring (bicyclic) bond motifs is 1. The summed E-state index contributed by atoms with van der Waals surface area (Å²) < 4.78 is 13.6. The van der Waals surface area contributed by atoms with Crippen LogP contribution in [0, 0.1) is 0 Å². The van der Waals surface area contributed by atoms with E-state index < -0.39 is 0 Å². The summed E-state index contributed by atoms with van der Waals surface area (Å²) in [7, 11) is 3.49. The quantitative estimate of drug-likeness (QED) is 0.730. The minimum absolute atomic E-state index is 0.273. The maximum Gasteiger partial charge on any atom is 0.279 e. The van der Waals surface area contributed by atoms with Crippen molar-refractivity contribution in [2.24, 2.45) is 12.0 Å². The number of hydrogen-bond acceptors (Lipinski definition) is 4. The van der Waals surface area contributed by atoms with Crippen molar-refractivity contribution in [2.75, 3.05) is 13.7 Å². The lowest BCUT2D eigenvalue weighted by atomic mass is 10.2. The van der Waals surface area contributed by atoms with Crippen LogP contribution in [0.4, 0.5) is 0 Å². The number of hydrogen-bond donors (Lipinski definition) is 0. The van der Waals surface area contributed by atoms with Crippen molar-refractivity contribution in [1.29, 1.82) is 0 Å². The average molecular weight is 342 g/mol. The van der Waals surface area contributed by atoms with Crippen molar-refractivity contribution in [2.45, 2.75) is 6.92 Å². The smallest absolute Gasteiger partial charge is 0.279 e. The second kappa shape index (κ2) is 6.88. The lowest BCUT2D eigenvalue weighted by Crippen LogP contribution is -2.13. The first-order chi connectivity index (χ1) is 11.6. The highest BCUT2D eigenvalue weighted by Crippen LogP contribution is 2.23. The van der Waals surface area contributed by atoms with Gasteiger partial charge in [0.25, 0.3) is 5.91 Å². The number of ether oxygens (including phenoxy) is 2. The molecule has 0 saturated heterocycles. The molecule has 6 heteroatoms. The molecule has 24 heavy (non-hydrogen) atoms. The number of aryl methyl sites for hydroxylation is 1. The summed E-state index contributed by atoms with van der Waals surface area (Å²) in [4.78, 5) is 17.3. The Morgan fingerprint density at radius 1 is 1.17 bits per heavy atom. The number of carbonyl (C=O) groups excluding carboxylic acids is 1. The molecule has 2 aromatic carbocycles. The highest BCUT2D eigenvalue weighted by atomic mass is 32.1. The molecule has 0 bridgehead atoms. The fraction of sp³-hybridized carbons (Fsp3) is 0.222. The van der Waals surface area contributed by atoms with Gasteiger partial charge in [-0.2, -0.15) is 4.99 Å². The second-order valence-electron chi connectivity index (χ2n) is 5.15. The Hall–Kier alpha value is -2.60. The minimum Gasteiger partial charge on any atom is -0.497 e. The number of aromatic nitrogens is 1. The van der Waals surface area contributed by atoms with Gasteiger partial charge in [-0.3, -0.25) is 4.79 Å². The second-order valence-corrected chi connectivity index (χ2v) is 6.16. The molecule has 0 aliphatic rings. The number of nitrogens with zero attached hydrogens (tertiary/aromatic N) is 2. The minimum atomic E-state index is -0.273. The maximum absolute atomic E-state index is 12.4. The summed E-state index contributed by atoms with van der Waals surface area (Å²) in [6, 6.07) is 12.8. The van der Waals surface area contributed by atoms with E-state index in [1.165, 1.54) is 11.3 Å². The largest absolute Gasteiger partial charge is 0.497 e. The number of benzene rings is 2. The molecule has 3 aromatic rings. The molecular formula is C18H18N2O3S. The zero-order chi connectivity index (χ0) is 17.1. The number of rotatable bonds is 4. The van der Waals surface area contributed by atoms with Crippen LogP contribution in [-0.4, -0.2) is 24.2 Å². The normalized spacial score (nSPS) is 11.7. The number of methoxy groups -OCH3 is 1. The lowest BCUT2D eigenvalue weighted by Gasteiger charge is -2.02. The number of amides is 1. The third-order valence-corrected chi connectivity index (χ3v) is 4.72. The first kappa shape index (κ1) is 16.3. The SMILES string of the molecule is CCOc1ccc2c(c1)sc(=NC(=O)c1ccc(OC)cc1)n2C. The first-order valence-corrected chi connectivity index (χ1v) is 8.39. The molecule has 0 N–H and O–H groups in total. The van der Waals surface area contributed by atoms with Gasteiger partial charge in [0, 0.05) is 12.6 Å². The van der Waals surface area contributed by atoms with Crippen LogP contribution in [0.1, 0.15) is 17.3 Å². The average Bonchev–Trinajstić information content (AvgIpc) is 2.90. The highest BCUT2D eigenvalue weighted by Gasteiger charge is 2.08. The van der Waals surface area contributed by atoms with Gasteiger partial charge in [-0.1, -0.05) is 11.3 Å². The van der Waals surface area contributed by atoms with Gasteiger partial charge < -0.3 is 14.0 Å². The van der Waals surface area contributed by atoms with Gasteiger partial charge in [-0.15, -0.1) is 0 Å². The van der Waals surface area contributed by atoms with E-state index in [9.17, 15) is 4.79 Å². The molecule has 0 spiro atoms. The van der Waals surface area contributed by atoms with Crippen LogP contribution in [0.15, 0.2) is 47.5 Å². The zero-order valence-corrected chi connectivity index (χ0v) is 14.6. The Kier molecular flexibility index (Phi) is 4.66. The van der Waals surface area contributed by atoms with Gasteiger partial charge in [0.1, 0.15) is 11.5 Å². The van der Waals surface area contributed by atoms with E-state index in [1.807, 2.05) is 36.7 Å². The van der Waals surface area contributed by atoms with Gasteiger partial charge in [-0.25, -0.2) is 0 Å². The summed E-state index contributed by atoms with van der Waals surface area (Å²) in [5.74, 6) is 1.26. The van der Waals surface area contributed by atoms with E-state index in [4.69, 9.17) is 9.47 Å². The monoisotopic (exact) mass is 342 g/mol. The molecule has 1 amide bonds. The van der Waals surface area contributed by atoms with Crippen LogP contribution >= 0.6 is 11.3 Å². The zero-order valence-electron chi connectivity index (χ0n) is 13.8. The molecular weight excluding hydrogens is 324 g/mol. The van der Waals surface area contributed by atoms with Gasteiger partial charge in [0.15, 0.2) is 4.80 Å². The van der Waals surface area contributed by atoms with Gasteiger partial charge in [0.05, 0.1) is 23.9 Å². The van der Waals surface area contributed by atoms with Gasteiger partial charge in [-0.05, 0) is 49.4 Å². The van der Waals surface area contributed by atoms with Crippen molar-refractivity contribution >= 4 is 27.5 Å². The molecule has 5 nitrogen and oxygen atoms in total. The van der Waals surface area contributed by atoms with Gasteiger partial charge in [0.2, 0.25) is 0 Å². The summed E-state index contributed by atoms with van der Waals surface area (Å²) in [6.45, 7) is 2.57. The Bertz CT molecular complexity index is 939. The highest BCUT2D eigenvalue weighted by molar-refractivity contribution is 7.16. The van der Waals surface area contributed by atoms with Crippen LogP contribution in [0.5, 0.6) is 11.5 Å². The Labute approximate surface area is 143 Å². The molecule has 1 aromatic heterocycles. The molecule has 0 aliphatic heterocycles. The molecule has 0 atom stereocenters. The fourth-order valence-electron chi connectivity index (χ4n) is 2.36. The lowest BCUT2D eigenvalue weighted by molar-refractivity contribution is 0.0998. The summed E-state index contributed by atoms with van der Waals surface area (Å²) in [5, 5.41) is 0. The van der Waals surface area contributed by atoms with Crippen molar-refractivity contribution < 1.29 is 14.3 Å². The third-order valence-electron chi connectivity index (χ3n) is 3.63. The summed E-state index contributed by atoms with van der Waals surface area (Å²) >= 11 is 1.47. The van der Waals surface area contributed by atoms with Crippen molar-refractivity contribution in [3.63, 3.8) is 0 Å². The van der Waals surface area contributed by atoms with Gasteiger partial charge >= 0.3 is 0 Å². The fourth-order valence-corrected chi connectivity index (χ4v) is 3.41. The number of carbonyl (C=O) groups is 1. The van der Waals surface area contributed by atoms with E-state index >= 15 is 0 Å². The molecule has 0 unspecified atom stereocenters. The van der Waals surface area contributed by atoms with Crippen LogP contribution in [-0.2, 0) is 7.05 Å². The van der Waals surface area contributed by atoms with Crippen molar-refractivity contribution in [3.05, 3.63) is 52.8 Å². The first-order valence-electron chi connectivity index (χ1n) is 7.58. The van der Waals surface area contributed by atoms with Crippen LogP contribution < -0.4 is 14.3 Å². The van der Waals surface area contributed by atoms with Crippen LogP contribution in [0.2, 0.25) is 0 Å². The maximum atomic E-state index is 12.4. The van der Waals surface area contributed by atoms with Crippen LogP contribution in [0.3, 0.4) is 0 Å². The Balaban J connectivity index is 1.99. The molecule has 0 aliphatic carbocycles. The molecule has 0 saturated carbocycles. The number of thiazole rings is 1. The predicted molar refractivity (Wildman–Crippen MR) is 94.9 cm³/mol. The molecule has 124 valence electrons. The Morgan fingerprint density at radius 2 is 1.88 bits per heavy atom. The van der Waals surface area contributed by atoms with E-state index in [2.05, 4.69) is 4.99 Å². The topological polar surface area (TPSA) is 52.8 Å². The van der Waals surface area contributed by atoms with E-state index in [1.54, 1.807) is 31.4 Å².